The molecule has 0 aromatic heterocycles. The maximum absolute atomic E-state index is 14.6. The third-order valence-corrected chi connectivity index (χ3v) is 6.49. The number of amides is 2. The fraction of sp³-hybridized carbons (Fsp3) is 0.731. The number of nitrogens with one attached hydrogen (secondary N) is 1. The van der Waals surface area contributed by atoms with Crippen molar-refractivity contribution in [2.75, 3.05) is 13.2 Å². The summed E-state index contributed by atoms with van der Waals surface area (Å²) in [5.74, 6) is -3.28. The molecule has 0 saturated heterocycles. The molecular formula is C26H42FN3O7. The van der Waals surface area contributed by atoms with Crippen LogP contribution in [0.5, 0.6) is 0 Å². The summed E-state index contributed by atoms with van der Waals surface area (Å²) in [5, 5.41) is 21.3. The largest absolute Gasteiger partial charge is 0.481 e. The number of ether oxygens (including phenoxy) is 2. The van der Waals surface area contributed by atoms with Crippen LogP contribution in [0.15, 0.2) is 24.0 Å². The molecule has 2 aliphatic rings. The van der Waals surface area contributed by atoms with Gasteiger partial charge in [-0.3, -0.25) is 9.59 Å². The highest BCUT2D eigenvalue weighted by Gasteiger charge is 2.37. The Labute approximate surface area is 218 Å². The topological polar surface area (TPSA) is 151 Å². The van der Waals surface area contributed by atoms with Gasteiger partial charge in [-0.2, -0.15) is 0 Å². The highest BCUT2D eigenvalue weighted by atomic mass is 19.1. The molecule has 2 aliphatic heterocycles. The van der Waals surface area contributed by atoms with Crippen molar-refractivity contribution in [1.29, 1.82) is 0 Å². The number of aliphatic hydroxyl groups is 1. The quantitative estimate of drug-likeness (QED) is 0.154. The molecule has 11 heteroatoms. The molecule has 3 unspecified atom stereocenters. The van der Waals surface area contributed by atoms with Gasteiger partial charge >= 0.3 is 18.0 Å². The number of aliphatic hydroxyl groups excluding tert-OH is 1. The molecule has 0 aliphatic carbocycles. The first-order valence-corrected chi connectivity index (χ1v) is 13.4. The number of hydrogen-bond acceptors (Lipinski definition) is 7. The van der Waals surface area contributed by atoms with Crippen LogP contribution < -0.4 is 11.1 Å². The molecule has 0 spiro atoms. The van der Waals surface area contributed by atoms with Crippen molar-refractivity contribution in [3.05, 3.63) is 24.0 Å². The molecule has 0 aromatic rings. The first kappa shape index (κ1) is 30.6. The van der Waals surface area contributed by atoms with Crippen molar-refractivity contribution in [3.63, 3.8) is 0 Å². The van der Waals surface area contributed by atoms with Gasteiger partial charge in [-0.05, 0) is 18.9 Å². The van der Waals surface area contributed by atoms with Crippen LogP contribution >= 0.6 is 0 Å². The van der Waals surface area contributed by atoms with E-state index in [1.807, 2.05) is 0 Å². The molecule has 0 bridgehead atoms. The molecule has 3 atom stereocenters. The molecule has 37 heavy (non-hydrogen) atoms. The summed E-state index contributed by atoms with van der Waals surface area (Å²) in [6.45, 7) is -0.279. The fourth-order valence-corrected chi connectivity index (χ4v) is 4.26. The highest BCUT2D eigenvalue weighted by molar-refractivity contribution is 5.78. The Hall–Kier alpha value is -2.66. The number of rotatable bonds is 18. The molecule has 210 valence electrons. The zero-order valence-electron chi connectivity index (χ0n) is 21.5. The minimum Gasteiger partial charge on any atom is -0.481 e. The Morgan fingerprint density at radius 2 is 1.57 bits per heavy atom. The van der Waals surface area contributed by atoms with Gasteiger partial charge in [0.25, 0.3) is 0 Å². The van der Waals surface area contributed by atoms with E-state index in [0.29, 0.717) is 0 Å². The summed E-state index contributed by atoms with van der Waals surface area (Å²) < 4.78 is 25.2. The van der Waals surface area contributed by atoms with Gasteiger partial charge in [-0.15, -0.1) is 0 Å². The first-order valence-electron chi connectivity index (χ1n) is 13.4. The zero-order chi connectivity index (χ0) is 27.0. The Morgan fingerprint density at radius 1 is 1.03 bits per heavy atom. The third-order valence-electron chi connectivity index (χ3n) is 6.49. The number of carboxylic acids is 1. The van der Waals surface area contributed by atoms with Gasteiger partial charge in [-0.25, -0.2) is 14.1 Å². The fourth-order valence-electron chi connectivity index (χ4n) is 4.26. The van der Waals surface area contributed by atoms with E-state index in [4.69, 9.17) is 20.3 Å². The van der Waals surface area contributed by atoms with Crippen molar-refractivity contribution >= 4 is 18.0 Å². The van der Waals surface area contributed by atoms with Crippen molar-refractivity contribution in [2.24, 2.45) is 11.7 Å². The molecular weight excluding hydrogens is 485 g/mol. The van der Waals surface area contributed by atoms with Crippen LogP contribution in [0.2, 0.25) is 0 Å². The molecule has 10 nitrogen and oxygen atoms in total. The number of nitrogens with zero attached hydrogens (tertiary/aromatic N) is 1. The zero-order valence-corrected chi connectivity index (χ0v) is 21.5. The Balaban J connectivity index is 1.49. The second-order valence-corrected chi connectivity index (χ2v) is 9.68. The monoisotopic (exact) mass is 527 g/mol. The number of carbonyl (C=O) groups is 3. The SMILES string of the molecule is NC1C=CN(C2=C(F)C(O)C(COC(=O)CCCCCCCCCCCCCCC(=O)O)CO2)C(=O)N1. The minimum atomic E-state index is -1.55. The number of halogens is 1. The summed E-state index contributed by atoms with van der Waals surface area (Å²) in [4.78, 5) is 35.4. The van der Waals surface area contributed by atoms with Crippen LogP contribution in [0.3, 0.4) is 0 Å². The van der Waals surface area contributed by atoms with Gasteiger partial charge in [0.1, 0.15) is 12.7 Å². The van der Waals surface area contributed by atoms with E-state index in [2.05, 4.69) is 5.32 Å². The van der Waals surface area contributed by atoms with Gasteiger partial charge in [-0.1, -0.05) is 64.2 Å². The summed E-state index contributed by atoms with van der Waals surface area (Å²) in [6, 6.07) is -0.668. The molecule has 2 heterocycles. The van der Waals surface area contributed by atoms with Crippen LogP contribution in [0.1, 0.15) is 89.9 Å². The van der Waals surface area contributed by atoms with Crippen LogP contribution in [-0.4, -0.2) is 58.6 Å². The van der Waals surface area contributed by atoms with Crippen LogP contribution in [-0.2, 0) is 19.1 Å². The van der Waals surface area contributed by atoms with E-state index in [0.717, 1.165) is 56.3 Å². The number of unbranched alkanes of at least 4 members (excludes halogenated alkanes) is 11. The number of carboxylic acid groups (broad SMARTS) is 1. The summed E-state index contributed by atoms with van der Waals surface area (Å²) >= 11 is 0. The van der Waals surface area contributed by atoms with E-state index in [-0.39, 0.29) is 26.1 Å². The van der Waals surface area contributed by atoms with E-state index >= 15 is 0 Å². The minimum absolute atomic E-state index is 0.106. The van der Waals surface area contributed by atoms with E-state index in [9.17, 15) is 23.9 Å². The highest BCUT2D eigenvalue weighted by Crippen LogP contribution is 2.29. The predicted molar refractivity (Wildman–Crippen MR) is 134 cm³/mol. The number of nitrogens with two attached hydrogens (primary N) is 1. The lowest BCUT2D eigenvalue weighted by atomic mass is 10.0. The Bertz CT molecular complexity index is 805. The van der Waals surface area contributed by atoms with E-state index < -0.39 is 47.9 Å². The van der Waals surface area contributed by atoms with Gasteiger partial charge in [0.2, 0.25) is 5.88 Å². The molecule has 0 saturated carbocycles. The molecule has 5 N–H and O–H groups in total. The lowest BCUT2D eigenvalue weighted by molar-refractivity contribution is -0.147. The van der Waals surface area contributed by atoms with Gasteiger partial charge in [0.05, 0.1) is 18.7 Å². The number of hydrogen-bond donors (Lipinski definition) is 4. The average molecular weight is 528 g/mol. The maximum atomic E-state index is 14.6. The standard InChI is InChI=1S/C26H42FN3O7/c27-23-24(34)19(18-37-25(23)30-16-15-20(28)29-26(30)35)17-36-22(33)14-12-10-8-6-4-2-1-3-5-7-9-11-13-21(31)32/h15-16,19-20,24,34H,1-14,17-18,28H2,(H,29,35)(H,31,32). The van der Waals surface area contributed by atoms with Crippen molar-refractivity contribution in [3.8, 4) is 0 Å². The van der Waals surface area contributed by atoms with Gasteiger partial charge < -0.3 is 30.7 Å². The lowest BCUT2D eigenvalue weighted by Crippen LogP contribution is -2.50. The van der Waals surface area contributed by atoms with Crippen LogP contribution in [0.4, 0.5) is 9.18 Å². The van der Waals surface area contributed by atoms with Crippen molar-refractivity contribution in [1.82, 2.24) is 10.2 Å². The molecule has 2 amide bonds. The smallest absolute Gasteiger partial charge is 0.329 e. The number of esters is 1. The van der Waals surface area contributed by atoms with Crippen molar-refractivity contribution in [2.45, 2.75) is 102 Å². The van der Waals surface area contributed by atoms with Crippen LogP contribution in [0.25, 0.3) is 0 Å². The van der Waals surface area contributed by atoms with E-state index in [1.54, 1.807) is 0 Å². The number of carbonyl (C=O) groups excluding carboxylic acids is 2. The van der Waals surface area contributed by atoms with E-state index in [1.165, 1.54) is 38.0 Å². The maximum Gasteiger partial charge on any atom is 0.329 e. The normalized spacial score (nSPS) is 21.5. The molecule has 2 rings (SSSR count). The predicted octanol–water partition coefficient (Wildman–Crippen LogP) is 4.05. The first-order chi connectivity index (χ1) is 17.8. The molecule has 0 radical (unpaired) electrons. The Morgan fingerprint density at radius 3 is 2.11 bits per heavy atom. The van der Waals surface area contributed by atoms with Crippen molar-refractivity contribution < 1.29 is 38.5 Å². The number of urea groups is 1. The van der Waals surface area contributed by atoms with Crippen LogP contribution in [0, 0.1) is 5.92 Å². The molecule has 0 aromatic carbocycles. The van der Waals surface area contributed by atoms with Gasteiger partial charge in [0, 0.05) is 19.0 Å². The summed E-state index contributed by atoms with van der Waals surface area (Å²) in [6.07, 6.45) is 13.7. The summed E-state index contributed by atoms with van der Waals surface area (Å²) in [7, 11) is 0. The second kappa shape index (κ2) is 17.0. The summed E-state index contributed by atoms with van der Waals surface area (Å²) in [5.41, 5.74) is 5.57. The molecule has 0 fully saturated rings. The second-order valence-electron chi connectivity index (χ2n) is 9.68. The lowest BCUT2D eigenvalue weighted by Gasteiger charge is -2.33. The Kier molecular flexibility index (Phi) is 14.0. The number of aliphatic carboxylic acids is 1. The average Bonchev–Trinajstić information content (AvgIpc) is 2.85. The van der Waals surface area contributed by atoms with Gasteiger partial charge in [0.15, 0.2) is 5.83 Å². The third kappa shape index (κ3) is 11.5.